The summed E-state index contributed by atoms with van der Waals surface area (Å²) in [7, 11) is 1.60. The van der Waals surface area contributed by atoms with Gasteiger partial charge in [0.15, 0.2) is 10.7 Å². The molecule has 0 bridgehead atoms. The SMILES string of the molecule is CCOC(=O)C1=C(c2ccccc2)N=c2s/c(=C/c3ccc(N4CCC(C)CC4)o3)c(=O)n2[C@@H]1c1ccc(OC)cc1. The van der Waals surface area contributed by atoms with Crippen molar-refractivity contribution in [2.45, 2.75) is 32.7 Å². The zero-order valence-electron chi connectivity index (χ0n) is 23.9. The van der Waals surface area contributed by atoms with E-state index >= 15 is 0 Å². The van der Waals surface area contributed by atoms with Crippen molar-refractivity contribution in [2.75, 3.05) is 31.7 Å². The van der Waals surface area contributed by atoms with Crippen molar-refractivity contribution < 1.29 is 18.7 Å². The molecule has 1 saturated heterocycles. The third-order valence-corrected chi connectivity index (χ3v) is 8.77. The van der Waals surface area contributed by atoms with Crippen molar-refractivity contribution >= 4 is 35.0 Å². The summed E-state index contributed by atoms with van der Waals surface area (Å²) < 4.78 is 19.1. The summed E-state index contributed by atoms with van der Waals surface area (Å²) in [6.07, 6.45) is 4.03. The average Bonchev–Trinajstić information content (AvgIpc) is 3.61. The highest BCUT2D eigenvalue weighted by molar-refractivity contribution is 7.07. The van der Waals surface area contributed by atoms with Gasteiger partial charge in [-0.1, -0.05) is 60.7 Å². The predicted octanol–water partition coefficient (Wildman–Crippen LogP) is 4.77. The van der Waals surface area contributed by atoms with Gasteiger partial charge in [0.1, 0.15) is 11.5 Å². The molecule has 42 heavy (non-hydrogen) atoms. The Morgan fingerprint density at radius 2 is 1.81 bits per heavy atom. The van der Waals surface area contributed by atoms with Gasteiger partial charge < -0.3 is 18.8 Å². The molecule has 1 atom stereocenters. The lowest BCUT2D eigenvalue weighted by Gasteiger charge is -2.29. The number of ether oxygens (including phenoxy) is 2. The number of rotatable bonds is 7. The van der Waals surface area contributed by atoms with E-state index in [1.165, 1.54) is 11.3 Å². The van der Waals surface area contributed by atoms with Crippen molar-refractivity contribution in [1.82, 2.24) is 4.57 Å². The molecule has 9 heteroatoms. The first-order valence-corrected chi connectivity index (χ1v) is 15.1. The van der Waals surface area contributed by atoms with E-state index < -0.39 is 12.0 Å². The Kier molecular flexibility index (Phi) is 7.84. The second-order valence-electron chi connectivity index (χ2n) is 10.6. The summed E-state index contributed by atoms with van der Waals surface area (Å²) in [5.74, 6) is 2.29. The van der Waals surface area contributed by atoms with Crippen LogP contribution in [0.15, 0.2) is 86.5 Å². The Morgan fingerprint density at radius 1 is 1.07 bits per heavy atom. The third-order valence-electron chi connectivity index (χ3n) is 7.79. The lowest BCUT2D eigenvalue weighted by Crippen LogP contribution is -2.40. The molecule has 0 amide bonds. The van der Waals surface area contributed by atoms with E-state index in [-0.39, 0.29) is 12.2 Å². The average molecular weight is 584 g/mol. The van der Waals surface area contributed by atoms with E-state index in [1.54, 1.807) is 24.7 Å². The van der Waals surface area contributed by atoms with E-state index in [0.717, 1.165) is 48.9 Å². The number of carbonyl (C=O) groups excluding carboxylic acids is 1. The van der Waals surface area contributed by atoms with Crippen LogP contribution in [0.1, 0.15) is 49.6 Å². The summed E-state index contributed by atoms with van der Waals surface area (Å²) in [4.78, 5) is 35.3. The minimum Gasteiger partial charge on any atom is -0.497 e. The topological polar surface area (TPSA) is 86.3 Å². The molecular weight excluding hydrogens is 550 g/mol. The summed E-state index contributed by atoms with van der Waals surface area (Å²) >= 11 is 1.28. The number of methoxy groups -OCH3 is 1. The van der Waals surface area contributed by atoms with Gasteiger partial charge in [0, 0.05) is 30.8 Å². The summed E-state index contributed by atoms with van der Waals surface area (Å²) in [6.45, 7) is 6.15. The van der Waals surface area contributed by atoms with Crippen molar-refractivity contribution in [3.63, 3.8) is 0 Å². The molecule has 0 unspecified atom stereocenters. The highest BCUT2D eigenvalue weighted by atomic mass is 32.1. The molecule has 216 valence electrons. The summed E-state index contributed by atoms with van der Waals surface area (Å²) in [5, 5.41) is 0. The molecule has 0 spiro atoms. The molecule has 0 aliphatic carbocycles. The van der Waals surface area contributed by atoms with Crippen LogP contribution in [0.3, 0.4) is 0 Å². The van der Waals surface area contributed by atoms with E-state index in [4.69, 9.17) is 18.9 Å². The molecule has 2 aromatic carbocycles. The molecule has 2 aliphatic heterocycles. The number of aromatic nitrogens is 1. The van der Waals surface area contributed by atoms with Crippen LogP contribution in [0.25, 0.3) is 11.8 Å². The van der Waals surface area contributed by atoms with Gasteiger partial charge in [-0.2, -0.15) is 0 Å². The lowest BCUT2D eigenvalue weighted by molar-refractivity contribution is -0.138. The van der Waals surface area contributed by atoms with Gasteiger partial charge in [0.25, 0.3) is 5.56 Å². The minimum atomic E-state index is -0.744. The van der Waals surface area contributed by atoms with E-state index in [0.29, 0.717) is 32.1 Å². The maximum Gasteiger partial charge on any atom is 0.338 e. The monoisotopic (exact) mass is 583 g/mol. The summed E-state index contributed by atoms with van der Waals surface area (Å²) in [5.41, 5.74) is 2.06. The normalized spacial score (nSPS) is 17.6. The first kappa shape index (κ1) is 27.8. The van der Waals surface area contributed by atoms with Crippen LogP contribution in [0.5, 0.6) is 5.75 Å². The highest BCUT2D eigenvalue weighted by Crippen LogP contribution is 2.35. The Bertz CT molecular complexity index is 1790. The molecule has 2 aromatic heterocycles. The Labute approximate surface area is 247 Å². The molecular formula is C33H33N3O5S. The van der Waals surface area contributed by atoms with Crippen LogP contribution in [-0.4, -0.2) is 37.3 Å². The summed E-state index contributed by atoms with van der Waals surface area (Å²) in [6, 6.07) is 20.0. The van der Waals surface area contributed by atoms with Crippen LogP contribution < -0.4 is 24.5 Å². The van der Waals surface area contributed by atoms with E-state index in [9.17, 15) is 9.59 Å². The van der Waals surface area contributed by atoms with Gasteiger partial charge in [-0.15, -0.1) is 0 Å². The fourth-order valence-electron chi connectivity index (χ4n) is 5.49. The highest BCUT2D eigenvalue weighted by Gasteiger charge is 2.35. The third kappa shape index (κ3) is 5.32. The zero-order valence-corrected chi connectivity index (χ0v) is 24.7. The maximum absolute atomic E-state index is 14.1. The fraction of sp³-hybridized carbons (Fsp3) is 0.303. The quantitative estimate of drug-likeness (QED) is 0.291. The largest absolute Gasteiger partial charge is 0.497 e. The molecule has 0 radical (unpaired) electrons. The van der Waals surface area contributed by atoms with Gasteiger partial charge in [0.05, 0.1) is 35.6 Å². The molecule has 4 aromatic rings. The Balaban J connectivity index is 1.51. The zero-order chi connectivity index (χ0) is 29.2. The van der Waals surface area contributed by atoms with E-state index in [2.05, 4.69) is 11.8 Å². The second kappa shape index (κ2) is 11.9. The molecule has 2 aliphatic rings. The number of benzene rings is 2. The number of furan rings is 1. The first-order chi connectivity index (χ1) is 20.5. The molecule has 4 heterocycles. The number of nitrogens with zero attached hydrogens (tertiary/aromatic N) is 3. The minimum absolute atomic E-state index is 0.195. The number of thiazole rings is 1. The van der Waals surface area contributed by atoms with Crippen LogP contribution >= 0.6 is 11.3 Å². The second-order valence-corrected chi connectivity index (χ2v) is 11.6. The Morgan fingerprint density at radius 3 is 2.50 bits per heavy atom. The number of anilines is 1. The van der Waals surface area contributed by atoms with Crippen molar-refractivity contribution in [2.24, 2.45) is 10.9 Å². The van der Waals surface area contributed by atoms with Crippen molar-refractivity contribution in [1.29, 1.82) is 0 Å². The number of carbonyl (C=O) groups is 1. The lowest BCUT2D eigenvalue weighted by atomic mass is 9.93. The van der Waals surface area contributed by atoms with Gasteiger partial charge in [-0.3, -0.25) is 9.36 Å². The number of piperidine rings is 1. The molecule has 6 rings (SSSR count). The standard InChI is InChI=1S/C33H33N3O5S/c1-4-40-32(38)28-29(22-8-6-5-7-9-22)34-33-36(30(28)23-10-12-24(39-3)13-11-23)31(37)26(42-33)20-25-14-15-27(41-25)35-18-16-21(2)17-19-35/h5-15,20-21,30H,4,16-19H2,1-3H3/b26-20+/t30-/m1/s1. The number of fused-ring (bicyclic) bond motifs is 1. The van der Waals surface area contributed by atoms with Crippen LogP contribution in [0, 0.1) is 5.92 Å². The van der Waals surface area contributed by atoms with Crippen LogP contribution in [0.2, 0.25) is 0 Å². The van der Waals surface area contributed by atoms with Crippen molar-refractivity contribution in [3.8, 4) is 5.75 Å². The smallest absolute Gasteiger partial charge is 0.338 e. The van der Waals surface area contributed by atoms with Crippen LogP contribution in [0.4, 0.5) is 5.88 Å². The molecule has 0 N–H and O–H groups in total. The van der Waals surface area contributed by atoms with E-state index in [1.807, 2.05) is 66.7 Å². The number of hydrogen-bond acceptors (Lipinski definition) is 8. The van der Waals surface area contributed by atoms with Gasteiger partial charge in [-0.25, -0.2) is 9.79 Å². The fourth-order valence-corrected chi connectivity index (χ4v) is 6.47. The number of hydrogen-bond donors (Lipinski definition) is 0. The number of esters is 1. The van der Waals surface area contributed by atoms with Gasteiger partial charge in [0.2, 0.25) is 0 Å². The molecule has 0 saturated carbocycles. The molecule has 1 fully saturated rings. The van der Waals surface area contributed by atoms with Crippen molar-refractivity contribution in [3.05, 3.63) is 109 Å². The molecule has 8 nitrogen and oxygen atoms in total. The van der Waals surface area contributed by atoms with Gasteiger partial charge in [-0.05, 0) is 49.4 Å². The van der Waals surface area contributed by atoms with Gasteiger partial charge >= 0.3 is 5.97 Å². The predicted molar refractivity (Wildman–Crippen MR) is 163 cm³/mol. The first-order valence-electron chi connectivity index (χ1n) is 14.2. The maximum atomic E-state index is 14.1. The Hall–Kier alpha value is -4.37. The van der Waals surface area contributed by atoms with Crippen LogP contribution in [-0.2, 0) is 9.53 Å².